The van der Waals surface area contributed by atoms with Crippen molar-refractivity contribution in [2.24, 2.45) is 5.92 Å². The normalized spacial score (nSPS) is 13.1. The molecule has 1 heterocycles. The number of aliphatic carboxylic acids is 1. The quantitative estimate of drug-likeness (QED) is 0.902. The van der Waals surface area contributed by atoms with E-state index in [4.69, 9.17) is 0 Å². The number of aromatic nitrogens is 2. The van der Waals surface area contributed by atoms with E-state index in [9.17, 15) is 9.90 Å². The standard InChI is InChI=1S/C14H18N2O2/c1-4-12-15-10-7-5-6-8-11(10)16(12)13(9(2)3)14(17)18/h5-9,13H,4H2,1-3H3,(H,17,18). The lowest BCUT2D eigenvalue weighted by atomic mass is 10.0. The zero-order valence-electron chi connectivity index (χ0n) is 10.9. The highest BCUT2D eigenvalue weighted by Gasteiger charge is 2.27. The first-order valence-corrected chi connectivity index (χ1v) is 6.25. The molecule has 0 aliphatic rings. The number of hydrogen-bond donors (Lipinski definition) is 1. The summed E-state index contributed by atoms with van der Waals surface area (Å²) in [6.45, 7) is 5.84. The summed E-state index contributed by atoms with van der Waals surface area (Å²) >= 11 is 0. The van der Waals surface area contributed by atoms with Crippen molar-refractivity contribution in [1.82, 2.24) is 9.55 Å². The number of carbonyl (C=O) groups is 1. The zero-order valence-corrected chi connectivity index (χ0v) is 10.9. The first-order valence-electron chi connectivity index (χ1n) is 6.25. The Morgan fingerprint density at radius 3 is 2.61 bits per heavy atom. The minimum atomic E-state index is -0.803. The number of hydrogen-bond acceptors (Lipinski definition) is 2. The third-order valence-electron chi connectivity index (χ3n) is 3.15. The van der Waals surface area contributed by atoms with E-state index in [1.807, 2.05) is 49.6 Å². The van der Waals surface area contributed by atoms with Crippen LogP contribution in [0.4, 0.5) is 0 Å². The van der Waals surface area contributed by atoms with Crippen molar-refractivity contribution >= 4 is 17.0 Å². The molecule has 1 aromatic carbocycles. The van der Waals surface area contributed by atoms with Crippen LogP contribution in [0.25, 0.3) is 11.0 Å². The molecule has 0 saturated carbocycles. The average Bonchev–Trinajstić information content (AvgIpc) is 2.67. The van der Waals surface area contributed by atoms with Gasteiger partial charge in [0.2, 0.25) is 0 Å². The molecular weight excluding hydrogens is 228 g/mol. The van der Waals surface area contributed by atoms with Crippen molar-refractivity contribution in [2.45, 2.75) is 33.2 Å². The maximum absolute atomic E-state index is 11.5. The fraction of sp³-hybridized carbons (Fsp3) is 0.429. The molecule has 0 aliphatic carbocycles. The van der Waals surface area contributed by atoms with Crippen molar-refractivity contribution in [3.63, 3.8) is 0 Å². The molecule has 1 aromatic heterocycles. The molecule has 0 radical (unpaired) electrons. The Balaban J connectivity index is 2.70. The Hall–Kier alpha value is -1.84. The number of carboxylic acids is 1. The number of aryl methyl sites for hydroxylation is 1. The highest BCUT2D eigenvalue weighted by molar-refractivity contribution is 5.80. The van der Waals surface area contributed by atoms with Gasteiger partial charge in [-0.15, -0.1) is 0 Å². The van der Waals surface area contributed by atoms with Gasteiger partial charge in [0.05, 0.1) is 11.0 Å². The van der Waals surface area contributed by atoms with E-state index in [-0.39, 0.29) is 5.92 Å². The Kier molecular flexibility index (Phi) is 3.36. The molecule has 0 spiro atoms. The third-order valence-corrected chi connectivity index (χ3v) is 3.15. The topological polar surface area (TPSA) is 55.1 Å². The van der Waals surface area contributed by atoms with Crippen LogP contribution in [0.15, 0.2) is 24.3 Å². The number of imidazole rings is 1. The molecule has 2 aromatic rings. The van der Waals surface area contributed by atoms with E-state index in [1.165, 1.54) is 0 Å². The number of para-hydroxylation sites is 2. The van der Waals surface area contributed by atoms with Crippen LogP contribution in [-0.4, -0.2) is 20.6 Å². The largest absolute Gasteiger partial charge is 0.480 e. The van der Waals surface area contributed by atoms with Gasteiger partial charge < -0.3 is 9.67 Å². The summed E-state index contributed by atoms with van der Waals surface area (Å²) in [7, 11) is 0. The van der Waals surface area contributed by atoms with Gasteiger partial charge in [0.25, 0.3) is 0 Å². The molecule has 1 N–H and O–H groups in total. The van der Waals surface area contributed by atoms with Crippen LogP contribution >= 0.6 is 0 Å². The number of benzene rings is 1. The first-order chi connectivity index (χ1) is 8.56. The van der Waals surface area contributed by atoms with Gasteiger partial charge >= 0.3 is 5.97 Å². The van der Waals surface area contributed by atoms with Gasteiger partial charge in [-0.1, -0.05) is 32.9 Å². The second-order valence-electron chi connectivity index (χ2n) is 4.77. The number of rotatable bonds is 4. The van der Waals surface area contributed by atoms with Gasteiger partial charge in [-0.2, -0.15) is 0 Å². The van der Waals surface area contributed by atoms with Crippen LogP contribution < -0.4 is 0 Å². The maximum Gasteiger partial charge on any atom is 0.327 e. The monoisotopic (exact) mass is 246 g/mol. The molecule has 0 fully saturated rings. The predicted molar refractivity (Wildman–Crippen MR) is 70.6 cm³/mol. The van der Waals surface area contributed by atoms with Gasteiger partial charge in [0.1, 0.15) is 11.9 Å². The Labute approximate surface area is 106 Å². The van der Waals surface area contributed by atoms with E-state index in [2.05, 4.69) is 4.98 Å². The molecule has 1 unspecified atom stereocenters. The second-order valence-corrected chi connectivity index (χ2v) is 4.77. The molecule has 2 rings (SSSR count). The lowest BCUT2D eigenvalue weighted by molar-refractivity contribution is -0.142. The smallest absolute Gasteiger partial charge is 0.327 e. The molecule has 0 bridgehead atoms. The van der Waals surface area contributed by atoms with Crippen LogP contribution in [0.3, 0.4) is 0 Å². The van der Waals surface area contributed by atoms with E-state index in [0.29, 0.717) is 0 Å². The number of nitrogens with zero attached hydrogens (tertiary/aromatic N) is 2. The fourth-order valence-corrected chi connectivity index (χ4v) is 2.35. The zero-order chi connectivity index (χ0) is 13.3. The minimum absolute atomic E-state index is 0.0189. The summed E-state index contributed by atoms with van der Waals surface area (Å²) in [4.78, 5) is 16.0. The average molecular weight is 246 g/mol. The van der Waals surface area contributed by atoms with Gasteiger partial charge in [0.15, 0.2) is 0 Å². The van der Waals surface area contributed by atoms with Crippen LogP contribution in [0, 0.1) is 5.92 Å². The van der Waals surface area contributed by atoms with Crippen LogP contribution in [0.5, 0.6) is 0 Å². The molecule has 4 nitrogen and oxygen atoms in total. The Bertz CT molecular complexity index is 572. The molecule has 0 aliphatic heterocycles. The van der Waals surface area contributed by atoms with Crippen molar-refractivity contribution in [3.05, 3.63) is 30.1 Å². The summed E-state index contributed by atoms with van der Waals surface area (Å²) in [5.41, 5.74) is 1.76. The van der Waals surface area contributed by atoms with Gasteiger partial charge in [0, 0.05) is 6.42 Å². The van der Waals surface area contributed by atoms with E-state index in [1.54, 1.807) is 0 Å². The molecule has 18 heavy (non-hydrogen) atoms. The van der Waals surface area contributed by atoms with Crippen molar-refractivity contribution in [1.29, 1.82) is 0 Å². The highest BCUT2D eigenvalue weighted by atomic mass is 16.4. The van der Waals surface area contributed by atoms with Gasteiger partial charge in [-0.3, -0.25) is 0 Å². The summed E-state index contributed by atoms with van der Waals surface area (Å²) < 4.78 is 1.86. The van der Waals surface area contributed by atoms with Crippen molar-refractivity contribution in [2.75, 3.05) is 0 Å². The SMILES string of the molecule is CCc1nc2ccccc2n1C(C(=O)O)C(C)C. The van der Waals surface area contributed by atoms with Crippen LogP contribution in [0.2, 0.25) is 0 Å². The lowest BCUT2D eigenvalue weighted by Crippen LogP contribution is -2.25. The first kappa shape index (κ1) is 12.6. The van der Waals surface area contributed by atoms with Crippen LogP contribution in [0.1, 0.15) is 32.6 Å². The summed E-state index contributed by atoms with van der Waals surface area (Å²) in [5.74, 6) is 0.0468. The lowest BCUT2D eigenvalue weighted by Gasteiger charge is -2.20. The van der Waals surface area contributed by atoms with E-state index >= 15 is 0 Å². The summed E-state index contributed by atoms with van der Waals surface area (Å²) in [5, 5.41) is 9.45. The second kappa shape index (κ2) is 4.80. The van der Waals surface area contributed by atoms with Gasteiger partial charge in [-0.05, 0) is 18.1 Å². The molecule has 1 atom stereocenters. The van der Waals surface area contributed by atoms with Gasteiger partial charge in [-0.25, -0.2) is 9.78 Å². The number of carboxylic acid groups (broad SMARTS) is 1. The summed E-state index contributed by atoms with van der Waals surface area (Å²) in [6.07, 6.45) is 0.727. The minimum Gasteiger partial charge on any atom is -0.480 e. The predicted octanol–water partition coefficient (Wildman–Crippen LogP) is 2.88. The van der Waals surface area contributed by atoms with Crippen molar-refractivity contribution < 1.29 is 9.90 Å². The summed E-state index contributed by atoms with van der Waals surface area (Å²) in [6, 6.07) is 7.13. The molecular formula is C14H18N2O2. The van der Waals surface area contributed by atoms with E-state index < -0.39 is 12.0 Å². The third kappa shape index (κ3) is 1.98. The van der Waals surface area contributed by atoms with Crippen molar-refractivity contribution in [3.8, 4) is 0 Å². The van der Waals surface area contributed by atoms with E-state index in [0.717, 1.165) is 23.3 Å². The highest BCUT2D eigenvalue weighted by Crippen LogP contribution is 2.26. The molecule has 4 heteroatoms. The Morgan fingerprint density at radius 2 is 2.06 bits per heavy atom. The molecule has 96 valence electrons. The maximum atomic E-state index is 11.5. The van der Waals surface area contributed by atoms with Crippen LogP contribution in [-0.2, 0) is 11.2 Å². The molecule has 0 saturated heterocycles. The molecule has 0 amide bonds. The fourth-order valence-electron chi connectivity index (χ4n) is 2.35. The number of fused-ring (bicyclic) bond motifs is 1. The Morgan fingerprint density at radius 1 is 1.39 bits per heavy atom.